The van der Waals surface area contributed by atoms with Gasteiger partial charge in [-0.15, -0.1) is 0 Å². The maximum Gasteiger partial charge on any atom is 0.264 e. The van der Waals surface area contributed by atoms with Crippen LogP contribution in [-0.4, -0.2) is 40.1 Å². The van der Waals surface area contributed by atoms with Gasteiger partial charge in [-0.25, -0.2) is 8.42 Å². The van der Waals surface area contributed by atoms with Crippen LogP contribution in [0.25, 0.3) is 0 Å². The van der Waals surface area contributed by atoms with Crippen LogP contribution < -0.4 is 14.4 Å². The predicted octanol–water partition coefficient (Wildman–Crippen LogP) is 3.28. The van der Waals surface area contributed by atoms with Crippen molar-refractivity contribution in [2.75, 3.05) is 24.0 Å². The van der Waals surface area contributed by atoms with Gasteiger partial charge in [-0.2, -0.15) is 0 Å². The summed E-state index contributed by atoms with van der Waals surface area (Å²) in [6.45, 7) is 2.82. The van der Waals surface area contributed by atoms with Crippen molar-refractivity contribution in [1.82, 2.24) is 5.32 Å². The Balaban J connectivity index is 1.44. The zero-order chi connectivity index (χ0) is 23.3. The third kappa shape index (κ3) is 5.35. The molecule has 3 aromatic carbocycles. The van der Waals surface area contributed by atoms with Gasteiger partial charge in [0.2, 0.25) is 0 Å². The largest absolute Gasteiger partial charge is 0.476 e. The molecule has 33 heavy (non-hydrogen) atoms. The third-order valence-corrected chi connectivity index (χ3v) is 7.06. The van der Waals surface area contributed by atoms with Crippen molar-refractivity contribution in [2.24, 2.45) is 0 Å². The monoisotopic (exact) mass is 466 g/mol. The number of nitrogens with one attached hydrogen (secondary N) is 1. The number of aryl methyl sites for hydroxylation is 1. The number of carbonyl (C=O) groups excluding carboxylic acids is 1. The van der Waals surface area contributed by atoms with Gasteiger partial charge in [0, 0.05) is 6.54 Å². The minimum absolute atomic E-state index is 0.121. The van der Waals surface area contributed by atoms with Gasteiger partial charge in [0.25, 0.3) is 15.9 Å². The number of hydrogen-bond donors (Lipinski definition) is 1. The van der Waals surface area contributed by atoms with Crippen LogP contribution in [0.4, 0.5) is 5.69 Å². The van der Waals surface area contributed by atoms with E-state index in [2.05, 4.69) is 5.32 Å². The number of hydrogen-bond acceptors (Lipinski definition) is 5. The average Bonchev–Trinajstić information content (AvgIpc) is 2.84. The van der Waals surface area contributed by atoms with Crippen molar-refractivity contribution in [3.8, 4) is 5.75 Å². The molecule has 1 atom stereocenters. The molecule has 3 aromatic rings. The molecule has 1 heterocycles. The van der Waals surface area contributed by atoms with Gasteiger partial charge >= 0.3 is 0 Å². The summed E-state index contributed by atoms with van der Waals surface area (Å²) in [7, 11) is -3.87. The Bertz CT molecular complexity index is 1200. The lowest BCUT2D eigenvalue weighted by molar-refractivity contribution is -0.128. The molecule has 8 heteroatoms. The summed E-state index contributed by atoms with van der Waals surface area (Å²) < 4.78 is 39.5. The summed E-state index contributed by atoms with van der Waals surface area (Å²) in [6, 6.07) is 23.2. The number of rotatable bonds is 8. The lowest BCUT2D eigenvalue weighted by Gasteiger charge is -2.35. The Labute approximate surface area is 194 Å². The number of benzene rings is 3. The van der Waals surface area contributed by atoms with Crippen LogP contribution in [0.1, 0.15) is 11.1 Å². The third-order valence-electron chi connectivity index (χ3n) is 5.26. The highest BCUT2D eigenvalue weighted by atomic mass is 32.2. The van der Waals surface area contributed by atoms with Crippen LogP contribution in [0.2, 0.25) is 0 Å². The van der Waals surface area contributed by atoms with E-state index in [4.69, 9.17) is 9.47 Å². The number of anilines is 1. The summed E-state index contributed by atoms with van der Waals surface area (Å²) in [5.41, 5.74) is 2.37. The summed E-state index contributed by atoms with van der Waals surface area (Å²) in [5, 5.41) is 2.78. The summed E-state index contributed by atoms with van der Waals surface area (Å²) >= 11 is 0. The first-order valence-corrected chi connectivity index (χ1v) is 12.1. The second-order valence-corrected chi connectivity index (χ2v) is 9.62. The van der Waals surface area contributed by atoms with Crippen LogP contribution in [0.3, 0.4) is 0 Å². The maximum absolute atomic E-state index is 13.4. The van der Waals surface area contributed by atoms with Crippen LogP contribution >= 0.6 is 0 Å². The van der Waals surface area contributed by atoms with Crippen molar-refractivity contribution in [3.05, 3.63) is 90.0 Å². The second-order valence-electron chi connectivity index (χ2n) is 7.76. The van der Waals surface area contributed by atoms with E-state index >= 15 is 0 Å². The van der Waals surface area contributed by atoms with Gasteiger partial charge < -0.3 is 14.8 Å². The standard InChI is InChI=1S/C25H26N2O5S/c1-19-12-13-23-22(16-19)27(33(29,30)21-10-6-3-7-11-21)17-24(32-23)25(28)26-14-15-31-18-20-8-4-2-5-9-20/h2-13,16,24H,14-15,17-18H2,1H3,(H,26,28). The van der Waals surface area contributed by atoms with E-state index < -0.39 is 22.0 Å². The number of amides is 1. The minimum atomic E-state index is -3.87. The van der Waals surface area contributed by atoms with Gasteiger partial charge in [0.05, 0.1) is 30.3 Å². The number of nitrogens with zero attached hydrogens (tertiary/aromatic N) is 1. The molecule has 0 fully saturated rings. The molecule has 0 spiro atoms. The van der Waals surface area contributed by atoms with Crippen LogP contribution in [-0.2, 0) is 26.2 Å². The molecule has 0 saturated carbocycles. The zero-order valence-electron chi connectivity index (χ0n) is 18.3. The highest BCUT2D eigenvalue weighted by Gasteiger charge is 2.37. The molecule has 1 aliphatic rings. The summed E-state index contributed by atoms with van der Waals surface area (Å²) in [6.07, 6.45) is -0.979. The van der Waals surface area contributed by atoms with Crippen LogP contribution in [0, 0.1) is 6.92 Å². The fourth-order valence-electron chi connectivity index (χ4n) is 3.57. The van der Waals surface area contributed by atoms with Gasteiger partial charge in [0.15, 0.2) is 6.10 Å². The van der Waals surface area contributed by atoms with Crippen molar-refractivity contribution < 1.29 is 22.7 Å². The number of carbonyl (C=O) groups is 1. The lowest BCUT2D eigenvalue weighted by atomic mass is 10.1. The van der Waals surface area contributed by atoms with Gasteiger partial charge in [0.1, 0.15) is 5.75 Å². The van der Waals surface area contributed by atoms with Crippen LogP contribution in [0.5, 0.6) is 5.75 Å². The summed E-state index contributed by atoms with van der Waals surface area (Å²) in [5.74, 6) is -0.0374. The van der Waals surface area contributed by atoms with Gasteiger partial charge in [-0.1, -0.05) is 54.6 Å². The van der Waals surface area contributed by atoms with Gasteiger partial charge in [-0.05, 0) is 42.3 Å². The van der Waals surface area contributed by atoms with E-state index in [9.17, 15) is 13.2 Å². The summed E-state index contributed by atoms with van der Waals surface area (Å²) in [4.78, 5) is 13.0. The number of ether oxygens (including phenoxy) is 2. The van der Waals surface area contributed by atoms with Crippen LogP contribution in [0.15, 0.2) is 83.8 Å². The van der Waals surface area contributed by atoms with Crippen molar-refractivity contribution >= 4 is 21.6 Å². The highest BCUT2D eigenvalue weighted by molar-refractivity contribution is 7.92. The molecular formula is C25H26N2O5S. The molecule has 0 radical (unpaired) electrons. The SMILES string of the molecule is Cc1ccc2c(c1)N(S(=O)(=O)c1ccccc1)CC(C(=O)NCCOCc1ccccc1)O2. The zero-order valence-corrected chi connectivity index (χ0v) is 19.1. The number of fused-ring (bicyclic) bond motifs is 1. The molecular weight excluding hydrogens is 440 g/mol. The van der Waals surface area contributed by atoms with E-state index in [-0.39, 0.29) is 18.0 Å². The molecule has 1 unspecified atom stereocenters. The first-order valence-electron chi connectivity index (χ1n) is 10.7. The molecule has 1 N–H and O–H groups in total. The minimum Gasteiger partial charge on any atom is -0.476 e. The second kappa shape index (κ2) is 10.1. The molecule has 1 aliphatic heterocycles. The smallest absolute Gasteiger partial charge is 0.264 e. The average molecular weight is 467 g/mol. The highest BCUT2D eigenvalue weighted by Crippen LogP contribution is 2.37. The van der Waals surface area contributed by atoms with E-state index in [1.54, 1.807) is 42.5 Å². The molecule has 172 valence electrons. The maximum atomic E-state index is 13.4. The molecule has 4 rings (SSSR count). The fourth-order valence-corrected chi connectivity index (χ4v) is 5.06. The molecule has 0 bridgehead atoms. The Kier molecular flexibility index (Phi) is 6.96. The Morgan fingerprint density at radius 2 is 1.76 bits per heavy atom. The Morgan fingerprint density at radius 3 is 2.48 bits per heavy atom. The first kappa shape index (κ1) is 22.8. The topological polar surface area (TPSA) is 84.9 Å². The molecule has 1 amide bonds. The van der Waals surface area contributed by atoms with Gasteiger partial charge in [-0.3, -0.25) is 9.10 Å². The Hall–Kier alpha value is -3.36. The molecule has 0 aromatic heterocycles. The van der Waals surface area contributed by atoms with E-state index in [1.807, 2.05) is 43.3 Å². The van der Waals surface area contributed by atoms with Crippen molar-refractivity contribution in [2.45, 2.75) is 24.5 Å². The van der Waals surface area contributed by atoms with Crippen molar-refractivity contribution in [3.63, 3.8) is 0 Å². The first-order chi connectivity index (χ1) is 15.9. The fraction of sp³-hybridized carbons (Fsp3) is 0.240. The van der Waals surface area contributed by atoms with E-state index in [0.717, 1.165) is 11.1 Å². The quantitative estimate of drug-likeness (QED) is 0.515. The predicted molar refractivity (Wildman–Crippen MR) is 126 cm³/mol. The lowest BCUT2D eigenvalue weighted by Crippen LogP contribution is -2.51. The number of sulfonamides is 1. The van der Waals surface area contributed by atoms with Crippen molar-refractivity contribution in [1.29, 1.82) is 0 Å². The van der Waals surface area contributed by atoms with E-state index in [1.165, 1.54) is 4.31 Å². The van der Waals surface area contributed by atoms with E-state index in [0.29, 0.717) is 24.7 Å². The molecule has 0 saturated heterocycles. The Morgan fingerprint density at radius 1 is 1.06 bits per heavy atom. The molecule has 0 aliphatic carbocycles. The normalized spacial score (nSPS) is 15.4. The molecule has 7 nitrogen and oxygen atoms in total.